The lowest BCUT2D eigenvalue weighted by atomic mass is 10.1. The van der Waals surface area contributed by atoms with Crippen molar-refractivity contribution in [3.8, 4) is 11.1 Å². The summed E-state index contributed by atoms with van der Waals surface area (Å²) in [6.45, 7) is 1.64. The fourth-order valence-electron chi connectivity index (χ4n) is 3.69. The Morgan fingerprint density at radius 2 is 2.06 bits per heavy atom. The first-order valence-corrected chi connectivity index (χ1v) is 10.1. The predicted molar refractivity (Wildman–Crippen MR) is 117 cm³/mol. The Labute approximate surface area is 180 Å². The smallest absolute Gasteiger partial charge is 0.128 e. The average molecular weight is 423 g/mol. The van der Waals surface area contributed by atoms with Crippen LogP contribution in [0, 0.1) is 5.82 Å². The molecule has 0 saturated carbocycles. The lowest BCUT2D eigenvalue weighted by molar-refractivity contribution is 0.0644. The van der Waals surface area contributed by atoms with E-state index in [1.54, 1.807) is 30.3 Å². The molecule has 0 aliphatic heterocycles. The van der Waals surface area contributed by atoms with Crippen molar-refractivity contribution in [3.63, 3.8) is 0 Å². The molecule has 7 nitrogen and oxygen atoms in total. The Morgan fingerprint density at radius 1 is 1.19 bits per heavy atom. The van der Waals surface area contributed by atoms with E-state index >= 15 is 0 Å². The molecule has 0 fully saturated rings. The first-order valence-electron chi connectivity index (χ1n) is 10.1. The largest absolute Gasteiger partial charge is 0.389 e. The van der Waals surface area contributed by atoms with E-state index in [1.807, 2.05) is 48.3 Å². The number of aromatic nitrogens is 4. The van der Waals surface area contributed by atoms with Gasteiger partial charge in [0.1, 0.15) is 5.82 Å². The number of aliphatic hydroxyl groups excluding tert-OH is 1. The number of benzene rings is 1. The van der Waals surface area contributed by atoms with Crippen molar-refractivity contribution in [1.82, 2.24) is 24.6 Å². The van der Waals surface area contributed by atoms with Crippen molar-refractivity contribution in [2.75, 3.05) is 20.3 Å². The first-order chi connectivity index (χ1) is 15.0. The van der Waals surface area contributed by atoms with Crippen LogP contribution < -0.4 is 5.32 Å². The molecule has 0 spiro atoms. The molecule has 1 aromatic carbocycles. The number of hydrogen-bond donors (Lipinski definition) is 2. The van der Waals surface area contributed by atoms with Gasteiger partial charge in [-0.3, -0.25) is 9.67 Å². The maximum Gasteiger partial charge on any atom is 0.128 e. The van der Waals surface area contributed by atoms with Gasteiger partial charge >= 0.3 is 0 Å². The number of fused-ring (bicyclic) bond motifs is 1. The first kappa shape index (κ1) is 21.2. The van der Waals surface area contributed by atoms with Crippen molar-refractivity contribution < 1.29 is 14.2 Å². The number of nitrogens with one attached hydrogen (secondary N) is 1. The van der Waals surface area contributed by atoms with Gasteiger partial charge in [0.05, 0.1) is 36.5 Å². The standard InChI is InChI=1S/C23H26FN5O2/c1-28-12-18(10-27-28)16-5-6-17(21(24)8-16)13-29-14-19(9-25-11-20(30)15-31-2)23-22(29)4-3-7-26-23/h3-8,10,12,14,20,25,30H,9,11,13,15H2,1-2H3. The second kappa shape index (κ2) is 9.38. The summed E-state index contributed by atoms with van der Waals surface area (Å²) in [5.41, 5.74) is 5.08. The van der Waals surface area contributed by atoms with Crippen LogP contribution >= 0.6 is 0 Å². The van der Waals surface area contributed by atoms with Crippen molar-refractivity contribution in [2.45, 2.75) is 19.2 Å². The summed E-state index contributed by atoms with van der Waals surface area (Å²) in [7, 11) is 3.40. The van der Waals surface area contributed by atoms with E-state index in [4.69, 9.17) is 4.74 Å². The van der Waals surface area contributed by atoms with E-state index in [0.717, 1.165) is 27.7 Å². The Bertz CT molecular complexity index is 1170. The monoisotopic (exact) mass is 423 g/mol. The zero-order chi connectivity index (χ0) is 21.8. The van der Waals surface area contributed by atoms with Gasteiger partial charge in [-0.25, -0.2) is 4.39 Å². The molecule has 4 aromatic rings. The van der Waals surface area contributed by atoms with Gasteiger partial charge in [-0.15, -0.1) is 0 Å². The zero-order valence-electron chi connectivity index (χ0n) is 17.6. The summed E-state index contributed by atoms with van der Waals surface area (Å²) in [6.07, 6.45) is 6.75. The van der Waals surface area contributed by atoms with Crippen LogP contribution in [0.15, 0.2) is 55.1 Å². The Kier molecular flexibility index (Phi) is 6.41. The predicted octanol–water partition coefficient (Wildman–Crippen LogP) is 2.72. The number of aryl methyl sites for hydroxylation is 1. The van der Waals surface area contributed by atoms with Crippen LogP contribution in [0.3, 0.4) is 0 Å². The third-order valence-corrected chi connectivity index (χ3v) is 5.20. The number of hydrogen-bond acceptors (Lipinski definition) is 5. The van der Waals surface area contributed by atoms with Crippen LogP contribution in [0.5, 0.6) is 0 Å². The maximum atomic E-state index is 14.9. The van der Waals surface area contributed by atoms with Gasteiger partial charge in [0.15, 0.2) is 0 Å². The molecule has 0 aliphatic rings. The number of methoxy groups -OCH3 is 1. The Balaban J connectivity index is 1.54. The number of halogens is 1. The fourth-order valence-corrected chi connectivity index (χ4v) is 3.69. The molecule has 1 unspecified atom stereocenters. The molecule has 4 rings (SSSR count). The van der Waals surface area contributed by atoms with Crippen LogP contribution in [0.2, 0.25) is 0 Å². The molecule has 1 atom stereocenters. The minimum absolute atomic E-state index is 0.255. The second-order valence-corrected chi connectivity index (χ2v) is 7.60. The van der Waals surface area contributed by atoms with E-state index in [0.29, 0.717) is 25.2 Å². The van der Waals surface area contributed by atoms with Crippen molar-refractivity contribution >= 4 is 11.0 Å². The minimum atomic E-state index is -0.571. The SMILES string of the molecule is COCC(O)CNCc1cn(Cc2ccc(-c3cnn(C)c3)cc2F)c2cccnc12. The molecule has 2 N–H and O–H groups in total. The highest BCUT2D eigenvalue weighted by molar-refractivity contribution is 5.79. The summed E-state index contributed by atoms with van der Waals surface area (Å²) in [6, 6.07) is 9.14. The number of pyridine rings is 1. The molecule has 0 amide bonds. The van der Waals surface area contributed by atoms with E-state index in [-0.39, 0.29) is 12.4 Å². The van der Waals surface area contributed by atoms with E-state index in [2.05, 4.69) is 15.4 Å². The highest BCUT2D eigenvalue weighted by atomic mass is 19.1. The topological polar surface area (TPSA) is 77.1 Å². The number of nitrogens with zero attached hydrogens (tertiary/aromatic N) is 4. The zero-order valence-corrected chi connectivity index (χ0v) is 17.6. The summed E-state index contributed by atoms with van der Waals surface area (Å²) in [5, 5.41) is 17.2. The Morgan fingerprint density at radius 3 is 2.81 bits per heavy atom. The molecule has 8 heteroatoms. The lowest BCUT2D eigenvalue weighted by Crippen LogP contribution is -2.29. The van der Waals surface area contributed by atoms with E-state index in [9.17, 15) is 9.50 Å². The third-order valence-electron chi connectivity index (χ3n) is 5.20. The third kappa shape index (κ3) is 4.82. The molecule has 31 heavy (non-hydrogen) atoms. The number of ether oxygens (including phenoxy) is 1. The van der Waals surface area contributed by atoms with E-state index in [1.165, 1.54) is 0 Å². The maximum absolute atomic E-state index is 14.9. The van der Waals surface area contributed by atoms with Crippen molar-refractivity contribution in [2.24, 2.45) is 7.05 Å². The molecule has 3 heterocycles. The van der Waals surface area contributed by atoms with E-state index < -0.39 is 6.10 Å². The molecule has 0 radical (unpaired) electrons. The van der Waals surface area contributed by atoms with Crippen LogP contribution in [-0.4, -0.2) is 50.8 Å². The molecule has 162 valence electrons. The van der Waals surface area contributed by atoms with Gasteiger partial charge in [-0.05, 0) is 23.8 Å². The fraction of sp³-hybridized carbons (Fsp3) is 0.304. The normalized spacial score (nSPS) is 12.5. The second-order valence-electron chi connectivity index (χ2n) is 7.60. The Hall–Kier alpha value is -3.07. The number of rotatable bonds is 9. The quantitative estimate of drug-likeness (QED) is 0.433. The lowest BCUT2D eigenvalue weighted by Gasteiger charge is -2.10. The van der Waals surface area contributed by atoms with Crippen LogP contribution in [-0.2, 0) is 24.9 Å². The summed E-state index contributed by atoms with van der Waals surface area (Å²) >= 11 is 0. The van der Waals surface area contributed by atoms with Crippen LogP contribution in [0.4, 0.5) is 4.39 Å². The molecule has 3 aromatic heterocycles. The average Bonchev–Trinajstić information content (AvgIpc) is 3.34. The van der Waals surface area contributed by atoms with Gasteiger partial charge in [-0.1, -0.05) is 12.1 Å². The van der Waals surface area contributed by atoms with Gasteiger partial charge in [0.25, 0.3) is 0 Å². The van der Waals surface area contributed by atoms with Gasteiger partial charge < -0.3 is 19.7 Å². The van der Waals surface area contributed by atoms with Crippen molar-refractivity contribution in [1.29, 1.82) is 0 Å². The van der Waals surface area contributed by atoms with Crippen LogP contribution in [0.25, 0.3) is 22.2 Å². The van der Waals surface area contributed by atoms with Crippen LogP contribution in [0.1, 0.15) is 11.1 Å². The van der Waals surface area contributed by atoms with Crippen molar-refractivity contribution in [3.05, 3.63) is 72.1 Å². The summed E-state index contributed by atoms with van der Waals surface area (Å²) < 4.78 is 23.5. The molecular formula is C23H26FN5O2. The molecule has 0 aliphatic carbocycles. The summed E-state index contributed by atoms with van der Waals surface area (Å²) in [4.78, 5) is 4.51. The molecule has 0 bridgehead atoms. The minimum Gasteiger partial charge on any atom is -0.389 e. The van der Waals surface area contributed by atoms with Gasteiger partial charge in [0, 0.05) is 62.5 Å². The molecular weight excluding hydrogens is 397 g/mol. The highest BCUT2D eigenvalue weighted by Gasteiger charge is 2.13. The van der Waals surface area contributed by atoms with Gasteiger partial charge in [0.2, 0.25) is 0 Å². The molecule has 0 saturated heterocycles. The summed E-state index contributed by atoms with van der Waals surface area (Å²) in [5.74, 6) is -0.255. The van der Waals surface area contributed by atoms with Gasteiger partial charge in [-0.2, -0.15) is 5.10 Å². The highest BCUT2D eigenvalue weighted by Crippen LogP contribution is 2.24. The number of aliphatic hydroxyl groups is 1.